The van der Waals surface area contributed by atoms with Crippen LogP contribution >= 0.6 is 11.6 Å². The van der Waals surface area contributed by atoms with Crippen molar-refractivity contribution in [3.05, 3.63) is 41.5 Å². The van der Waals surface area contributed by atoms with Crippen molar-refractivity contribution in [2.45, 2.75) is 12.8 Å². The first-order chi connectivity index (χ1) is 8.13. The van der Waals surface area contributed by atoms with Crippen molar-refractivity contribution in [1.82, 2.24) is 14.8 Å². The summed E-state index contributed by atoms with van der Waals surface area (Å²) in [4.78, 5) is 10.7. The molecule has 2 aromatic rings. The van der Waals surface area contributed by atoms with Crippen LogP contribution in [0.25, 0.3) is 5.69 Å². The second kappa shape index (κ2) is 4.55. The number of rotatable bonds is 3. The van der Waals surface area contributed by atoms with Crippen LogP contribution in [-0.4, -0.2) is 25.8 Å². The zero-order valence-electron chi connectivity index (χ0n) is 9.09. The molecule has 0 amide bonds. The molecule has 0 aliphatic carbocycles. The number of carbonyl (C=O) groups is 1. The van der Waals surface area contributed by atoms with E-state index in [2.05, 4.69) is 10.2 Å². The highest BCUT2D eigenvalue weighted by molar-refractivity contribution is 6.16. The smallest absolute Gasteiger partial charge is 0.335 e. The Morgan fingerprint density at radius 2 is 2.00 bits per heavy atom. The second-order valence-corrected chi connectivity index (χ2v) is 3.75. The summed E-state index contributed by atoms with van der Waals surface area (Å²) >= 11 is 5.76. The molecular formula is C11H10ClN3O2. The maximum Gasteiger partial charge on any atom is 0.335 e. The van der Waals surface area contributed by atoms with Gasteiger partial charge in [0.2, 0.25) is 0 Å². The maximum atomic E-state index is 10.7. The Kier molecular flexibility index (Phi) is 3.10. The number of carboxylic acids is 1. The van der Waals surface area contributed by atoms with Crippen molar-refractivity contribution >= 4 is 17.6 Å². The fraction of sp³-hybridized carbons (Fsp3) is 0.182. The fourth-order valence-electron chi connectivity index (χ4n) is 1.58. The van der Waals surface area contributed by atoms with E-state index in [4.69, 9.17) is 16.7 Å². The predicted octanol–water partition coefficient (Wildman–Crippen LogP) is 2.01. The lowest BCUT2D eigenvalue weighted by molar-refractivity contribution is 0.0697. The van der Waals surface area contributed by atoms with E-state index in [0.717, 1.165) is 5.69 Å². The summed E-state index contributed by atoms with van der Waals surface area (Å²) in [7, 11) is 0. The van der Waals surface area contributed by atoms with Gasteiger partial charge in [-0.05, 0) is 31.2 Å². The van der Waals surface area contributed by atoms with Crippen LogP contribution < -0.4 is 0 Å². The third-order valence-electron chi connectivity index (χ3n) is 2.38. The number of alkyl halides is 1. The molecule has 1 aromatic carbocycles. The van der Waals surface area contributed by atoms with Crippen LogP contribution in [0.1, 0.15) is 22.0 Å². The minimum atomic E-state index is -0.949. The Labute approximate surface area is 103 Å². The average molecular weight is 252 g/mol. The quantitative estimate of drug-likeness (QED) is 0.848. The topological polar surface area (TPSA) is 68.0 Å². The van der Waals surface area contributed by atoms with E-state index >= 15 is 0 Å². The first-order valence-corrected chi connectivity index (χ1v) is 5.47. The van der Waals surface area contributed by atoms with Gasteiger partial charge in [0.15, 0.2) is 5.82 Å². The summed E-state index contributed by atoms with van der Waals surface area (Å²) in [5.74, 6) is 0.646. The molecule has 6 heteroatoms. The van der Waals surface area contributed by atoms with Gasteiger partial charge in [0.05, 0.1) is 11.4 Å². The summed E-state index contributed by atoms with van der Waals surface area (Å²) in [6.07, 6.45) is 0. The molecule has 0 saturated carbocycles. The number of hydrogen-bond acceptors (Lipinski definition) is 3. The highest BCUT2D eigenvalue weighted by Gasteiger charge is 2.10. The Morgan fingerprint density at radius 1 is 1.35 bits per heavy atom. The van der Waals surface area contributed by atoms with Gasteiger partial charge in [-0.25, -0.2) is 4.79 Å². The first-order valence-electron chi connectivity index (χ1n) is 4.94. The fourth-order valence-corrected chi connectivity index (χ4v) is 1.75. The predicted molar refractivity (Wildman–Crippen MR) is 62.6 cm³/mol. The van der Waals surface area contributed by atoms with Crippen molar-refractivity contribution in [1.29, 1.82) is 0 Å². The Bertz CT molecular complexity index is 548. The summed E-state index contributed by atoms with van der Waals surface area (Å²) < 4.78 is 1.79. The molecule has 17 heavy (non-hydrogen) atoms. The number of benzene rings is 1. The molecule has 88 valence electrons. The summed E-state index contributed by atoms with van der Waals surface area (Å²) in [5, 5.41) is 16.7. The maximum absolute atomic E-state index is 10.7. The summed E-state index contributed by atoms with van der Waals surface area (Å²) in [6.45, 7) is 1.81. The van der Waals surface area contributed by atoms with Gasteiger partial charge in [-0.1, -0.05) is 0 Å². The third-order valence-corrected chi connectivity index (χ3v) is 2.62. The van der Waals surface area contributed by atoms with Gasteiger partial charge in [-0.15, -0.1) is 21.8 Å². The molecule has 0 unspecified atom stereocenters. The molecule has 1 heterocycles. The summed E-state index contributed by atoms with van der Waals surface area (Å²) in [6, 6.07) is 6.48. The number of aromatic nitrogens is 3. The van der Waals surface area contributed by atoms with Gasteiger partial charge < -0.3 is 5.11 Å². The minimum absolute atomic E-state index is 0.243. The largest absolute Gasteiger partial charge is 0.478 e. The molecule has 0 radical (unpaired) electrons. The molecule has 0 spiro atoms. The van der Waals surface area contributed by atoms with Gasteiger partial charge >= 0.3 is 5.97 Å². The van der Waals surface area contributed by atoms with Gasteiger partial charge in [0.25, 0.3) is 0 Å². The minimum Gasteiger partial charge on any atom is -0.478 e. The number of nitrogens with zero attached hydrogens (tertiary/aromatic N) is 3. The normalized spacial score (nSPS) is 10.5. The first kappa shape index (κ1) is 11.6. The Balaban J connectivity index is 2.46. The Morgan fingerprint density at radius 3 is 2.53 bits per heavy atom. The van der Waals surface area contributed by atoms with Crippen molar-refractivity contribution in [3.63, 3.8) is 0 Å². The number of halogens is 1. The van der Waals surface area contributed by atoms with E-state index < -0.39 is 5.97 Å². The van der Waals surface area contributed by atoms with E-state index in [9.17, 15) is 4.79 Å². The number of hydrogen-bond donors (Lipinski definition) is 1. The molecular weight excluding hydrogens is 242 g/mol. The van der Waals surface area contributed by atoms with Crippen molar-refractivity contribution < 1.29 is 9.90 Å². The zero-order valence-corrected chi connectivity index (χ0v) is 9.85. The SMILES string of the molecule is Cc1nnc(CCl)n1-c1ccc(C(=O)O)cc1. The monoisotopic (exact) mass is 251 g/mol. The van der Waals surface area contributed by atoms with Crippen LogP contribution in [0.4, 0.5) is 0 Å². The van der Waals surface area contributed by atoms with E-state index in [1.165, 1.54) is 12.1 Å². The number of aromatic carboxylic acids is 1. The molecule has 5 nitrogen and oxygen atoms in total. The Hall–Kier alpha value is -1.88. The molecule has 1 N–H and O–H groups in total. The van der Waals surface area contributed by atoms with Gasteiger partial charge in [-0.3, -0.25) is 4.57 Å². The lowest BCUT2D eigenvalue weighted by Crippen LogP contribution is -2.03. The van der Waals surface area contributed by atoms with Crippen molar-refractivity contribution in [3.8, 4) is 5.69 Å². The van der Waals surface area contributed by atoms with Crippen LogP contribution in [-0.2, 0) is 5.88 Å². The lowest BCUT2D eigenvalue weighted by atomic mass is 10.2. The zero-order chi connectivity index (χ0) is 12.4. The molecule has 0 saturated heterocycles. The molecule has 0 aliphatic heterocycles. The highest BCUT2D eigenvalue weighted by atomic mass is 35.5. The summed E-state index contributed by atoms with van der Waals surface area (Å²) in [5.41, 5.74) is 1.04. The third kappa shape index (κ3) is 2.14. The number of carboxylic acid groups (broad SMARTS) is 1. The second-order valence-electron chi connectivity index (χ2n) is 3.48. The van der Waals surface area contributed by atoms with E-state index in [-0.39, 0.29) is 11.4 Å². The lowest BCUT2D eigenvalue weighted by Gasteiger charge is -2.07. The molecule has 2 rings (SSSR count). The van der Waals surface area contributed by atoms with E-state index in [1.807, 2.05) is 6.92 Å². The van der Waals surface area contributed by atoms with Crippen LogP contribution in [0, 0.1) is 6.92 Å². The molecule has 0 atom stereocenters. The van der Waals surface area contributed by atoms with Gasteiger partial charge in [0, 0.05) is 5.69 Å². The molecule has 1 aromatic heterocycles. The highest BCUT2D eigenvalue weighted by Crippen LogP contribution is 2.15. The van der Waals surface area contributed by atoms with Crippen LogP contribution in [0.15, 0.2) is 24.3 Å². The van der Waals surface area contributed by atoms with Crippen molar-refractivity contribution in [2.75, 3.05) is 0 Å². The van der Waals surface area contributed by atoms with Crippen molar-refractivity contribution in [2.24, 2.45) is 0 Å². The van der Waals surface area contributed by atoms with Crippen LogP contribution in [0.2, 0.25) is 0 Å². The van der Waals surface area contributed by atoms with E-state index in [1.54, 1.807) is 16.7 Å². The van der Waals surface area contributed by atoms with E-state index in [0.29, 0.717) is 11.6 Å². The standard InChI is InChI=1S/C11H10ClN3O2/c1-7-13-14-10(6-12)15(7)9-4-2-8(3-5-9)11(16)17/h2-5H,6H2,1H3,(H,16,17). The molecule has 0 fully saturated rings. The van der Waals surface area contributed by atoms with Crippen LogP contribution in [0.3, 0.4) is 0 Å². The van der Waals surface area contributed by atoms with Gasteiger partial charge in [-0.2, -0.15) is 0 Å². The molecule has 0 bridgehead atoms. The average Bonchev–Trinajstić information content (AvgIpc) is 2.70. The van der Waals surface area contributed by atoms with Crippen LogP contribution in [0.5, 0.6) is 0 Å². The molecule has 0 aliphatic rings. The number of aryl methyl sites for hydroxylation is 1. The van der Waals surface area contributed by atoms with Gasteiger partial charge in [0.1, 0.15) is 5.82 Å².